The van der Waals surface area contributed by atoms with E-state index in [9.17, 15) is 8.42 Å². The van der Waals surface area contributed by atoms with Crippen molar-refractivity contribution < 1.29 is 13.2 Å². The maximum Gasteiger partial charge on any atom is 0.242 e. The largest absolute Gasteiger partial charge is 0.381 e. The van der Waals surface area contributed by atoms with E-state index in [0.29, 0.717) is 29.1 Å². The number of rotatable bonds is 5. The Morgan fingerprint density at radius 3 is 2.42 bits per heavy atom. The molecule has 2 saturated heterocycles. The predicted molar refractivity (Wildman–Crippen MR) is 105 cm³/mol. The lowest BCUT2D eigenvalue weighted by molar-refractivity contribution is 0.0214. The molecule has 26 heavy (non-hydrogen) atoms. The number of halogens is 2. The minimum atomic E-state index is -3.63. The Kier molecular flexibility index (Phi) is 6.86. The fourth-order valence-corrected chi connectivity index (χ4v) is 5.66. The van der Waals surface area contributed by atoms with Crippen LogP contribution in [0.15, 0.2) is 17.0 Å². The molecule has 0 atom stereocenters. The zero-order chi connectivity index (χ0) is 18.7. The molecule has 1 aromatic carbocycles. The third-order valence-corrected chi connectivity index (χ3v) is 7.72. The molecular formula is C18H26Cl2N2O3S. The normalized spacial score (nSPS) is 21.2. The molecule has 0 aliphatic carbocycles. The SMILES string of the molecule is Cc1cc(S(=O)(=O)NCC2CCN(C3CCOCC3)CC2)c(Cl)cc1Cl. The molecule has 2 aliphatic heterocycles. The first kappa shape index (κ1) is 20.4. The van der Waals surface area contributed by atoms with Crippen LogP contribution < -0.4 is 4.72 Å². The quantitative estimate of drug-likeness (QED) is 0.791. The van der Waals surface area contributed by atoms with Gasteiger partial charge >= 0.3 is 0 Å². The van der Waals surface area contributed by atoms with E-state index in [1.54, 1.807) is 6.92 Å². The number of benzene rings is 1. The van der Waals surface area contributed by atoms with Crippen LogP contribution in [0.25, 0.3) is 0 Å². The van der Waals surface area contributed by atoms with Gasteiger partial charge in [0, 0.05) is 30.8 Å². The van der Waals surface area contributed by atoms with Crippen LogP contribution in [0.2, 0.25) is 10.0 Å². The first-order chi connectivity index (χ1) is 12.4. The number of aryl methyl sites for hydroxylation is 1. The fourth-order valence-electron chi connectivity index (χ4n) is 3.71. The Morgan fingerprint density at radius 1 is 1.12 bits per heavy atom. The van der Waals surface area contributed by atoms with Gasteiger partial charge in [-0.2, -0.15) is 0 Å². The summed E-state index contributed by atoms with van der Waals surface area (Å²) >= 11 is 12.1. The average molecular weight is 421 g/mol. The van der Waals surface area contributed by atoms with E-state index in [1.807, 2.05) is 0 Å². The number of hydrogen-bond donors (Lipinski definition) is 1. The van der Waals surface area contributed by atoms with Crippen LogP contribution in [0, 0.1) is 12.8 Å². The van der Waals surface area contributed by atoms with Crippen LogP contribution in [-0.4, -0.2) is 52.2 Å². The molecule has 0 unspecified atom stereocenters. The smallest absolute Gasteiger partial charge is 0.242 e. The van der Waals surface area contributed by atoms with Crippen LogP contribution in [0.4, 0.5) is 0 Å². The molecule has 2 heterocycles. The van der Waals surface area contributed by atoms with Crippen molar-refractivity contribution in [2.24, 2.45) is 5.92 Å². The van der Waals surface area contributed by atoms with Crippen molar-refractivity contribution >= 4 is 33.2 Å². The Bertz CT molecular complexity index is 728. The summed E-state index contributed by atoms with van der Waals surface area (Å²) in [5, 5.41) is 0.622. The van der Waals surface area contributed by atoms with Crippen LogP contribution in [0.1, 0.15) is 31.2 Å². The molecule has 1 N–H and O–H groups in total. The number of nitrogens with one attached hydrogen (secondary N) is 1. The molecule has 146 valence electrons. The molecular weight excluding hydrogens is 395 g/mol. The van der Waals surface area contributed by atoms with Crippen molar-refractivity contribution in [1.29, 1.82) is 0 Å². The Labute approximate surface area is 166 Å². The van der Waals surface area contributed by atoms with Gasteiger partial charge in [-0.15, -0.1) is 0 Å². The minimum Gasteiger partial charge on any atom is -0.381 e. The zero-order valence-corrected chi connectivity index (χ0v) is 17.3. The number of ether oxygens (including phenoxy) is 1. The van der Waals surface area contributed by atoms with E-state index in [-0.39, 0.29) is 9.92 Å². The Balaban J connectivity index is 1.53. The van der Waals surface area contributed by atoms with Crippen molar-refractivity contribution in [3.63, 3.8) is 0 Å². The summed E-state index contributed by atoms with van der Waals surface area (Å²) in [7, 11) is -3.63. The fraction of sp³-hybridized carbons (Fsp3) is 0.667. The van der Waals surface area contributed by atoms with Gasteiger partial charge in [-0.25, -0.2) is 13.1 Å². The van der Waals surface area contributed by atoms with Crippen LogP contribution in [-0.2, 0) is 14.8 Å². The summed E-state index contributed by atoms with van der Waals surface area (Å²) < 4.78 is 33.4. The summed E-state index contributed by atoms with van der Waals surface area (Å²) in [4.78, 5) is 2.63. The van der Waals surface area contributed by atoms with E-state index in [2.05, 4.69) is 9.62 Å². The van der Waals surface area contributed by atoms with Crippen molar-refractivity contribution in [2.45, 2.75) is 43.5 Å². The molecule has 3 rings (SSSR count). The van der Waals surface area contributed by atoms with Crippen molar-refractivity contribution in [3.8, 4) is 0 Å². The average Bonchev–Trinajstić information content (AvgIpc) is 2.64. The van der Waals surface area contributed by atoms with Gasteiger partial charge in [0.25, 0.3) is 0 Å². The highest BCUT2D eigenvalue weighted by Gasteiger charge is 2.27. The molecule has 5 nitrogen and oxygen atoms in total. The van der Waals surface area contributed by atoms with Gasteiger partial charge in [0.2, 0.25) is 10.0 Å². The Hall–Kier alpha value is -0.370. The predicted octanol–water partition coefficient (Wildman–Crippen LogP) is 3.47. The number of piperidine rings is 1. The summed E-state index contributed by atoms with van der Waals surface area (Å²) in [5.74, 6) is 0.355. The van der Waals surface area contributed by atoms with E-state index in [4.69, 9.17) is 27.9 Å². The highest BCUT2D eigenvalue weighted by Crippen LogP contribution is 2.28. The second-order valence-electron chi connectivity index (χ2n) is 7.21. The molecule has 2 fully saturated rings. The summed E-state index contributed by atoms with van der Waals surface area (Å²) in [6.07, 6.45) is 4.22. The van der Waals surface area contributed by atoms with Gasteiger partial charge < -0.3 is 9.64 Å². The molecule has 1 aromatic rings. The maximum atomic E-state index is 12.6. The lowest BCUT2D eigenvalue weighted by atomic mass is 9.94. The zero-order valence-electron chi connectivity index (χ0n) is 15.0. The van der Waals surface area contributed by atoms with E-state index in [0.717, 1.165) is 52.0 Å². The van der Waals surface area contributed by atoms with Crippen molar-refractivity contribution in [2.75, 3.05) is 32.8 Å². The lowest BCUT2D eigenvalue weighted by Gasteiger charge is -2.39. The maximum absolute atomic E-state index is 12.6. The number of likely N-dealkylation sites (tertiary alicyclic amines) is 1. The summed E-state index contributed by atoms with van der Waals surface area (Å²) in [6, 6.07) is 3.64. The molecule has 0 aromatic heterocycles. The first-order valence-corrected chi connectivity index (χ1v) is 11.4. The molecule has 0 radical (unpaired) electrons. The number of hydrogen-bond acceptors (Lipinski definition) is 4. The molecule has 0 saturated carbocycles. The lowest BCUT2D eigenvalue weighted by Crippen LogP contribution is -2.45. The van der Waals surface area contributed by atoms with E-state index in [1.165, 1.54) is 12.1 Å². The Morgan fingerprint density at radius 2 is 1.77 bits per heavy atom. The first-order valence-electron chi connectivity index (χ1n) is 9.14. The van der Waals surface area contributed by atoms with Gasteiger partial charge in [0.1, 0.15) is 4.90 Å². The molecule has 0 spiro atoms. The second-order valence-corrected chi connectivity index (χ2v) is 9.76. The van der Waals surface area contributed by atoms with Crippen LogP contribution in [0.5, 0.6) is 0 Å². The molecule has 0 amide bonds. The van der Waals surface area contributed by atoms with E-state index >= 15 is 0 Å². The third-order valence-electron chi connectivity index (χ3n) is 5.42. The van der Waals surface area contributed by atoms with Gasteiger partial charge in [0.15, 0.2) is 0 Å². The summed E-state index contributed by atoms with van der Waals surface area (Å²) in [5.41, 5.74) is 0.696. The van der Waals surface area contributed by atoms with Crippen LogP contribution in [0.3, 0.4) is 0 Å². The number of nitrogens with zero attached hydrogens (tertiary/aromatic N) is 1. The van der Waals surface area contributed by atoms with Crippen molar-refractivity contribution in [1.82, 2.24) is 9.62 Å². The molecule has 8 heteroatoms. The molecule has 2 aliphatic rings. The summed E-state index contributed by atoms with van der Waals surface area (Å²) in [6.45, 7) is 5.97. The second kappa shape index (κ2) is 8.76. The third kappa shape index (κ3) is 4.91. The van der Waals surface area contributed by atoms with Gasteiger partial charge in [-0.05, 0) is 69.3 Å². The van der Waals surface area contributed by atoms with Gasteiger partial charge in [0.05, 0.1) is 5.02 Å². The highest BCUT2D eigenvalue weighted by atomic mass is 35.5. The standard InChI is InChI=1S/C18H26Cl2N2O3S/c1-13-10-18(17(20)11-16(13)19)26(23,24)21-12-14-2-6-22(7-3-14)15-4-8-25-9-5-15/h10-11,14-15,21H,2-9,12H2,1H3. The topological polar surface area (TPSA) is 58.6 Å². The van der Waals surface area contributed by atoms with Gasteiger partial charge in [-0.1, -0.05) is 23.2 Å². The number of sulfonamides is 1. The van der Waals surface area contributed by atoms with Gasteiger partial charge in [-0.3, -0.25) is 0 Å². The molecule has 0 bridgehead atoms. The van der Waals surface area contributed by atoms with E-state index < -0.39 is 10.0 Å². The highest BCUT2D eigenvalue weighted by molar-refractivity contribution is 7.89. The van der Waals surface area contributed by atoms with Crippen LogP contribution >= 0.6 is 23.2 Å². The minimum absolute atomic E-state index is 0.0979. The monoisotopic (exact) mass is 420 g/mol. The van der Waals surface area contributed by atoms with Crippen molar-refractivity contribution in [3.05, 3.63) is 27.7 Å².